The van der Waals surface area contributed by atoms with Crippen molar-refractivity contribution < 1.29 is 8.42 Å². The van der Waals surface area contributed by atoms with Crippen molar-refractivity contribution in [3.63, 3.8) is 0 Å². The van der Waals surface area contributed by atoms with Gasteiger partial charge in [0.25, 0.3) is 0 Å². The van der Waals surface area contributed by atoms with Crippen LogP contribution in [0.2, 0.25) is 0 Å². The quantitative estimate of drug-likeness (QED) is 0.243. The minimum absolute atomic E-state index is 0. The molecule has 1 saturated carbocycles. The van der Waals surface area contributed by atoms with Crippen molar-refractivity contribution >= 4 is 40.0 Å². The molecule has 3 N–H and O–H groups in total. The number of aromatic nitrogens is 2. The molecule has 1 unspecified atom stereocenters. The Morgan fingerprint density at radius 1 is 1.25 bits per heavy atom. The lowest BCUT2D eigenvalue weighted by Crippen LogP contribution is -2.43. The van der Waals surface area contributed by atoms with Gasteiger partial charge in [-0.25, -0.2) is 18.1 Å². The molecule has 0 spiro atoms. The lowest BCUT2D eigenvalue weighted by Gasteiger charge is -2.18. The minimum atomic E-state index is -3.42. The number of sulfonamides is 1. The molecule has 2 aromatic rings. The van der Waals surface area contributed by atoms with Crippen LogP contribution in [-0.2, 0) is 30.0 Å². The van der Waals surface area contributed by atoms with Crippen LogP contribution in [-0.4, -0.2) is 42.8 Å². The number of guanidine groups is 1. The number of hydrogen-bond donors (Lipinski definition) is 3. The van der Waals surface area contributed by atoms with Crippen molar-refractivity contribution in [3.05, 3.63) is 46.8 Å². The number of halogens is 1. The molecule has 1 aliphatic rings. The fraction of sp³-hybridized carbons (Fsp3) is 0.545. The van der Waals surface area contributed by atoms with Crippen LogP contribution in [0.1, 0.15) is 49.2 Å². The molecular weight excluding hydrogens is 539 g/mol. The van der Waals surface area contributed by atoms with E-state index in [1.165, 1.54) is 11.3 Å². The highest BCUT2D eigenvalue weighted by atomic mass is 127. The maximum Gasteiger partial charge on any atom is 0.240 e. The van der Waals surface area contributed by atoms with Crippen LogP contribution in [0, 0.1) is 13.8 Å². The summed E-state index contributed by atoms with van der Waals surface area (Å²) in [6.45, 7) is 9.51. The van der Waals surface area contributed by atoms with Gasteiger partial charge >= 0.3 is 0 Å². The normalized spacial score (nSPS) is 15.2. The number of aliphatic imine (C=N–C) groups is 1. The van der Waals surface area contributed by atoms with E-state index in [4.69, 9.17) is 0 Å². The summed E-state index contributed by atoms with van der Waals surface area (Å²) in [5, 5.41) is 11.2. The van der Waals surface area contributed by atoms with E-state index >= 15 is 0 Å². The Morgan fingerprint density at radius 3 is 2.44 bits per heavy atom. The molecule has 0 bridgehead atoms. The Kier molecular flexibility index (Phi) is 9.53. The van der Waals surface area contributed by atoms with Crippen LogP contribution in [0.5, 0.6) is 0 Å². The topological polar surface area (TPSA) is 100 Å². The van der Waals surface area contributed by atoms with Crippen LogP contribution in [0.15, 0.2) is 34.2 Å². The van der Waals surface area contributed by atoms with Gasteiger partial charge in [-0.15, -0.1) is 24.0 Å². The zero-order valence-corrected chi connectivity index (χ0v) is 22.6. The van der Waals surface area contributed by atoms with Crippen molar-refractivity contribution in [2.45, 2.75) is 70.5 Å². The maximum atomic E-state index is 12.3. The highest BCUT2D eigenvalue weighted by molar-refractivity contribution is 14.0. The van der Waals surface area contributed by atoms with Crippen molar-refractivity contribution in [2.24, 2.45) is 12.0 Å². The zero-order chi connectivity index (χ0) is 22.6. The summed E-state index contributed by atoms with van der Waals surface area (Å²) < 4.78 is 29.2. The smallest absolute Gasteiger partial charge is 0.240 e. The largest absolute Gasteiger partial charge is 0.357 e. The van der Waals surface area contributed by atoms with Crippen molar-refractivity contribution in [1.82, 2.24) is 25.1 Å². The van der Waals surface area contributed by atoms with Crippen LogP contribution >= 0.6 is 24.0 Å². The molecule has 178 valence electrons. The molecule has 1 aliphatic carbocycles. The molecule has 0 saturated heterocycles. The van der Waals surface area contributed by atoms with Crippen LogP contribution in [0.25, 0.3) is 0 Å². The predicted octanol–water partition coefficient (Wildman–Crippen LogP) is 2.78. The first-order valence-corrected chi connectivity index (χ1v) is 12.3. The fourth-order valence-corrected chi connectivity index (χ4v) is 4.76. The first-order valence-electron chi connectivity index (χ1n) is 10.8. The highest BCUT2D eigenvalue weighted by Crippen LogP contribution is 2.22. The zero-order valence-electron chi connectivity index (χ0n) is 19.5. The molecular formula is C22H35IN6O2S. The number of rotatable bonds is 9. The monoisotopic (exact) mass is 574 g/mol. The summed E-state index contributed by atoms with van der Waals surface area (Å²) in [4.78, 5) is 4.97. The lowest BCUT2D eigenvalue weighted by molar-refractivity contribution is 0.581. The number of benzene rings is 1. The second kappa shape index (κ2) is 11.5. The maximum absolute atomic E-state index is 12.3. The van der Waals surface area contributed by atoms with E-state index in [9.17, 15) is 8.42 Å². The summed E-state index contributed by atoms with van der Waals surface area (Å²) in [6.07, 6.45) is 2.70. The van der Waals surface area contributed by atoms with Gasteiger partial charge in [0.1, 0.15) is 0 Å². The molecule has 3 rings (SSSR count). The van der Waals surface area contributed by atoms with Gasteiger partial charge < -0.3 is 10.6 Å². The molecule has 10 heteroatoms. The van der Waals surface area contributed by atoms with Gasteiger partial charge in [0.05, 0.1) is 17.1 Å². The second-order valence-electron chi connectivity index (χ2n) is 8.26. The van der Waals surface area contributed by atoms with Crippen molar-refractivity contribution in [3.8, 4) is 0 Å². The van der Waals surface area contributed by atoms with E-state index in [2.05, 4.69) is 39.3 Å². The van der Waals surface area contributed by atoms with Gasteiger partial charge in [-0.2, -0.15) is 5.10 Å². The summed E-state index contributed by atoms with van der Waals surface area (Å²) in [7, 11) is -1.46. The molecule has 0 radical (unpaired) electrons. The average molecular weight is 575 g/mol. The van der Waals surface area contributed by atoms with E-state index in [0.717, 1.165) is 43.0 Å². The van der Waals surface area contributed by atoms with E-state index in [-0.39, 0.29) is 36.1 Å². The van der Waals surface area contributed by atoms with E-state index in [1.54, 1.807) is 12.1 Å². The van der Waals surface area contributed by atoms with E-state index in [1.807, 2.05) is 37.7 Å². The first-order chi connectivity index (χ1) is 14.7. The number of aryl methyl sites for hydroxylation is 2. The van der Waals surface area contributed by atoms with E-state index in [0.29, 0.717) is 11.4 Å². The Morgan fingerprint density at radius 2 is 1.91 bits per heavy atom. The Labute approximate surface area is 208 Å². The number of nitrogens with one attached hydrogen (secondary N) is 3. The molecule has 0 amide bonds. The summed E-state index contributed by atoms with van der Waals surface area (Å²) in [5.41, 5.74) is 4.45. The Balaban J connectivity index is 0.00000363. The van der Waals surface area contributed by atoms with Crippen LogP contribution in [0.3, 0.4) is 0 Å². The van der Waals surface area contributed by atoms with Crippen LogP contribution in [0.4, 0.5) is 0 Å². The van der Waals surface area contributed by atoms with Gasteiger partial charge in [-0.3, -0.25) is 4.68 Å². The molecule has 1 heterocycles. The highest BCUT2D eigenvalue weighted by Gasteiger charge is 2.27. The average Bonchev–Trinajstić information content (AvgIpc) is 3.49. The van der Waals surface area contributed by atoms with Crippen molar-refractivity contribution in [2.75, 3.05) is 6.54 Å². The fourth-order valence-electron chi connectivity index (χ4n) is 3.46. The molecule has 0 aliphatic heterocycles. The summed E-state index contributed by atoms with van der Waals surface area (Å²) >= 11 is 0. The summed E-state index contributed by atoms with van der Waals surface area (Å²) in [5.74, 6) is 0.737. The van der Waals surface area contributed by atoms with Gasteiger partial charge in [0, 0.05) is 31.4 Å². The predicted molar refractivity (Wildman–Crippen MR) is 139 cm³/mol. The standard InChI is InChI=1S/C22H34N6O2S.HI/c1-6-23-22(25-15(2)13-21-16(3)26-28(5)17(21)4)24-14-18-7-11-20(12-8-18)31(29,30)27-19-9-10-19;/h7-8,11-12,15,19,27H,6,9-10,13-14H2,1-5H3,(H2,23,24,25);1H. The molecule has 1 aromatic carbocycles. The Bertz CT molecular complexity index is 1030. The molecule has 32 heavy (non-hydrogen) atoms. The lowest BCUT2D eigenvalue weighted by atomic mass is 10.1. The first kappa shape index (κ1) is 26.6. The van der Waals surface area contributed by atoms with Crippen LogP contribution < -0.4 is 15.4 Å². The second-order valence-corrected chi connectivity index (χ2v) is 9.97. The summed E-state index contributed by atoms with van der Waals surface area (Å²) in [6, 6.07) is 7.21. The number of nitrogens with zero attached hydrogens (tertiary/aromatic N) is 3. The third-order valence-corrected chi connectivity index (χ3v) is 6.99. The van der Waals surface area contributed by atoms with Gasteiger partial charge in [0.15, 0.2) is 5.96 Å². The van der Waals surface area contributed by atoms with Crippen molar-refractivity contribution in [1.29, 1.82) is 0 Å². The molecule has 1 atom stereocenters. The molecule has 1 aromatic heterocycles. The van der Waals surface area contributed by atoms with Gasteiger partial charge in [-0.1, -0.05) is 12.1 Å². The minimum Gasteiger partial charge on any atom is -0.357 e. The van der Waals surface area contributed by atoms with E-state index < -0.39 is 10.0 Å². The van der Waals surface area contributed by atoms with Gasteiger partial charge in [0.2, 0.25) is 10.0 Å². The van der Waals surface area contributed by atoms with Gasteiger partial charge in [-0.05, 0) is 70.2 Å². The third-order valence-electron chi connectivity index (χ3n) is 5.45. The molecule has 1 fully saturated rings. The SMILES string of the molecule is CCNC(=NCc1ccc(S(=O)(=O)NC2CC2)cc1)NC(C)Cc1c(C)nn(C)c1C.I. The Hall–Kier alpha value is -1.66. The molecule has 8 nitrogen and oxygen atoms in total. The number of hydrogen-bond acceptors (Lipinski definition) is 4. The third kappa shape index (κ3) is 7.17.